The van der Waals surface area contributed by atoms with Crippen LogP contribution in [0.15, 0.2) is 53.4 Å². The second kappa shape index (κ2) is 11.4. The average molecular weight is 423 g/mol. The topological polar surface area (TPSA) is 103 Å². The van der Waals surface area contributed by atoms with Gasteiger partial charge >= 0.3 is 0 Å². The van der Waals surface area contributed by atoms with E-state index in [1.807, 2.05) is 24.3 Å². The Morgan fingerprint density at radius 3 is 2.21 bits per heavy atom. The van der Waals surface area contributed by atoms with Gasteiger partial charge in [-0.25, -0.2) is 13.1 Å². The third kappa shape index (κ3) is 7.72. The molecule has 0 aliphatic heterocycles. The van der Waals surface area contributed by atoms with Gasteiger partial charge in [-0.1, -0.05) is 12.1 Å². The van der Waals surface area contributed by atoms with Gasteiger partial charge in [0, 0.05) is 20.2 Å². The third-order valence-corrected chi connectivity index (χ3v) is 5.47. The molecule has 158 valence electrons. The molecule has 0 heterocycles. The maximum atomic E-state index is 12.1. The van der Waals surface area contributed by atoms with Gasteiger partial charge in [0.15, 0.2) is 6.61 Å². The fourth-order valence-electron chi connectivity index (χ4n) is 2.41. The molecule has 29 heavy (non-hydrogen) atoms. The predicted molar refractivity (Wildman–Crippen MR) is 109 cm³/mol. The second-order valence-corrected chi connectivity index (χ2v) is 7.87. The minimum absolute atomic E-state index is 0.116. The summed E-state index contributed by atoms with van der Waals surface area (Å²) in [6.07, 6.45) is 0.693. The van der Waals surface area contributed by atoms with Crippen molar-refractivity contribution in [2.75, 3.05) is 40.5 Å². The number of hydrogen-bond acceptors (Lipinski definition) is 6. The lowest BCUT2D eigenvalue weighted by atomic mass is 10.1. The Hall–Kier alpha value is -2.62. The molecule has 0 saturated heterocycles. The number of rotatable bonds is 12. The molecule has 9 heteroatoms. The smallest absolute Gasteiger partial charge is 0.257 e. The van der Waals surface area contributed by atoms with E-state index in [1.165, 1.54) is 31.4 Å². The van der Waals surface area contributed by atoms with Crippen LogP contribution in [-0.4, -0.2) is 54.8 Å². The first-order chi connectivity index (χ1) is 13.9. The molecule has 1 amide bonds. The van der Waals surface area contributed by atoms with Crippen LogP contribution in [0.2, 0.25) is 0 Å². The number of carbonyl (C=O) groups excluding carboxylic acids is 1. The summed E-state index contributed by atoms with van der Waals surface area (Å²) in [5, 5.41) is 2.78. The van der Waals surface area contributed by atoms with Gasteiger partial charge in [0.1, 0.15) is 11.5 Å². The van der Waals surface area contributed by atoms with E-state index in [2.05, 4.69) is 10.0 Å². The maximum Gasteiger partial charge on any atom is 0.257 e. The number of carbonyl (C=O) groups is 1. The van der Waals surface area contributed by atoms with Gasteiger partial charge in [0.25, 0.3) is 5.91 Å². The van der Waals surface area contributed by atoms with E-state index in [1.54, 1.807) is 7.11 Å². The molecule has 0 fully saturated rings. The number of hydrogen-bond donors (Lipinski definition) is 2. The quantitative estimate of drug-likeness (QED) is 0.501. The van der Waals surface area contributed by atoms with Crippen molar-refractivity contribution in [3.05, 3.63) is 54.1 Å². The van der Waals surface area contributed by atoms with E-state index in [9.17, 15) is 13.2 Å². The Kier molecular flexibility index (Phi) is 8.91. The molecular weight excluding hydrogens is 396 g/mol. The summed E-state index contributed by atoms with van der Waals surface area (Å²) in [4.78, 5) is 12.0. The minimum atomic E-state index is -3.60. The lowest BCUT2D eigenvalue weighted by Crippen LogP contribution is -2.30. The molecule has 2 aromatic carbocycles. The van der Waals surface area contributed by atoms with E-state index in [0.717, 1.165) is 11.3 Å². The number of benzene rings is 2. The molecule has 8 nitrogen and oxygen atoms in total. The minimum Gasteiger partial charge on any atom is -0.497 e. The summed E-state index contributed by atoms with van der Waals surface area (Å²) in [5.74, 6) is 0.943. The summed E-state index contributed by atoms with van der Waals surface area (Å²) in [6.45, 7) is 0.807. The highest BCUT2D eigenvalue weighted by atomic mass is 32.2. The van der Waals surface area contributed by atoms with Crippen molar-refractivity contribution in [2.45, 2.75) is 11.3 Å². The van der Waals surface area contributed by atoms with Crippen molar-refractivity contribution >= 4 is 15.9 Å². The summed E-state index contributed by atoms with van der Waals surface area (Å²) in [7, 11) is -0.488. The zero-order valence-electron chi connectivity index (χ0n) is 16.5. The number of sulfonamides is 1. The van der Waals surface area contributed by atoms with E-state index in [4.69, 9.17) is 14.2 Å². The van der Waals surface area contributed by atoms with Crippen LogP contribution in [0.1, 0.15) is 5.56 Å². The van der Waals surface area contributed by atoms with Gasteiger partial charge in [0.2, 0.25) is 10.0 Å². The van der Waals surface area contributed by atoms with Crippen molar-refractivity contribution < 1.29 is 27.4 Å². The van der Waals surface area contributed by atoms with Crippen LogP contribution < -0.4 is 19.5 Å². The van der Waals surface area contributed by atoms with Gasteiger partial charge in [-0.05, 0) is 48.4 Å². The molecule has 2 rings (SSSR count). The molecule has 0 bridgehead atoms. The third-order valence-electron chi connectivity index (χ3n) is 4.00. The Balaban J connectivity index is 1.73. The highest BCUT2D eigenvalue weighted by molar-refractivity contribution is 7.89. The van der Waals surface area contributed by atoms with Crippen LogP contribution in [-0.2, 0) is 26.0 Å². The predicted octanol–water partition coefficient (Wildman–Crippen LogP) is 1.36. The van der Waals surface area contributed by atoms with Gasteiger partial charge in [-0.15, -0.1) is 0 Å². The largest absolute Gasteiger partial charge is 0.497 e. The lowest BCUT2D eigenvalue weighted by Gasteiger charge is -2.09. The average Bonchev–Trinajstić information content (AvgIpc) is 2.73. The molecule has 0 aliphatic carbocycles. The standard InChI is InChI=1S/C20H26N2O6S/c1-26-14-13-22-29(24,25)19-9-7-18(8-10-19)28-15-20(23)21-12-11-16-3-5-17(27-2)6-4-16/h3-10,22H,11-15H2,1-2H3,(H,21,23). The van der Waals surface area contributed by atoms with E-state index >= 15 is 0 Å². The second-order valence-electron chi connectivity index (χ2n) is 6.10. The van der Waals surface area contributed by atoms with Crippen LogP contribution in [0, 0.1) is 0 Å². The zero-order valence-corrected chi connectivity index (χ0v) is 17.3. The first-order valence-corrected chi connectivity index (χ1v) is 10.5. The Labute approximate surface area is 171 Å². The molecule has 0 aromatic heterocycles. The molecule has 2 aromatic rings. The highest BCUT2D eigenvalue weighted by Crippen LogP contribution is 2.16. The Morgan fingerprint density at radius 2 is 1.59 bits per heavy atom. The lowest BCUT2D eigenvalue weighted by molar-refractivity contribution is -0.123. The molecular formula is C20H26N2O6S. The fraction of sp³-hybridized carbons (Fsp3) is 0.350. The van der Waals surface area contributed by atoms with Crippen LogP contribution in [0.3, 0.4) is 0 Å². The van der Waals surface area contributed by atoms with Crippen molar-refractivity contribution in [3.63, 3.8) is 0 Å². The normalized spacial score (nSPS) is 11.1. The van der Waals surface area contributed by atoms with Crippen LogP contribution in [0.5, 0.6) is 11.5 Å². The number of ether oxygens (including phenoxy) is 3. The van der Waals surface area contributed by atoms with E-state index < -0.39 is 10.0 Å². The summed E-state index contributed by atoms with van der Waals surface area (Å²) in [5.41, 5.74) is 1.09. The van der Waals surface area contributed by atoms with Crippen LogP contribution >= 0.6 is 0 Å². The van der Waals surface area contributed by atoms with Crippen LogP contribution in [0.4, 0.5) is 0 Å². The zero-order chi connectivity index (χ0) is 21.1. The molecule has 0 saturated carbocycles. The monoisotopic (exact) mass is 422 g/mol. The van der Waals surface area contributed by atoms with Crippen molar-refractivity contribution in [3.8, 4) is 11.5 Å². The Bertz CT molecular complexity index is 867. The van der Waals surface area contributed by atoms with Crippen molar-refractivity contribution in [2.24, 2.45) is 0 Å². The molecule has 0 spiro atoms. The van der Waals surface area contributed by atoms with Crippen molar-refractivity contribution in [1.29, 1.82) is 0 Å². The molecule has 2 N–H and O–H groups in total. The number of nitrogens with one attached hydrogen (secondary N) is 2. The number of methoxy groups -OCH3 is 2. The Morgan fingerprint density at radius 1 is 0.931 bits per heavy atom. The van der Waals surface area contributed by atoms with Crippen LogP contribution in [0.25, 0.3) is 0 Å². The van der Waals surface area contributed by atoms with Crippen molar-refractivity contribution in [1.82, 2.24) is 10.0 Å². The fourth-order valence-corrected chi connectivity index (χ4v) is 3.43. The molecule has 0 aliphatic rings. The summed E-state index contributed by atoms with van der Waals surface area (Å²) < 4.78 is 41.9. The molecule has 0 unspecified atom stereocenters. The maximum absolute atomic E-state index is 12.1. The molecule has 0 radical (unpaired) electrons. The first-order valence-electron chi connectivity index (χ1n) is 9.05. The SMILES string of the molecule is COCCNS(=O)(=O)c1ccc(OCC(=O)NCCc2ccc(OC)cc2)cc1. The van der Waals surface area contributed by atoms with Gasteiger partial charge in [0.05, 0.1) is 18.6 Å². The van der Waals surface area contributed by atoms with Gasteiger partial charge in [-0.3, -0.25) is 4.79 Å². The van der Waals surface area contributed by atoms with Gasteiger partial charge in [-0.2, -0.15) is 0 Å². The van der Waals surface area contributed by atoms with E-state index in [0.29, 0.717) is 18.7 Å². The summed E-state index contributed by atoms with van der Waals surface area (Å²) >= 11 is 0. The van der Waals surface area contributed by atoms with Gasteiger partial charge < -0.3 is 19.5 Å². The highest BCUT2D eigenvalue weighted by Gasteiger charge is 2.13. The summed E-state index contributed by atoms with van der Waals surface area (Å²) in [6, 6.07) is 13.5. The first kappa shape index (κ1) is 22.7. The molecule has 0 atom stereocenters. The van der Waals surface area contributed by atoms with E-state index in [-0.39, 0.29) is 30.6 Å². The number of amides is 1.